The Bertz CT molecular complexity index is 869. The van der Waals surface area contributed by atoms with Gasteiger partial charge in [0.2, 0.25) is 11.9 Å². The molecule has 0 spiro atoms. The van der Waals surface area contributed by atoms with E-state index in [4.69, 9.17) is 20.3 Å². The molecule has 9 nitrogen and oxygen atoms in total. The molecule has 28 heavy (non-hydrogen) atoms. The van der Waals surface area contributed by atoms with Crippen LogP contribution in [0, 0.1) is 0 Å². The van der Waals surface area contributed by atoms with Gasteiger partial charge < -0.3 is 30.5 Å². The summed E-state index contributed by atoms with van der Waals surface area (Å²) in [5.41, 5.74) is 7.84. The van der Waals surface area contributed by atoms with Gasteiger partial charge in [-0.1, -0.05) is 18.2 Å². The van der Waals surface area contributed by atoms with E-state index in [9.17, 15) is 4.79 Å². The Balaban J connectivity index is 1.74. The smallest absolute Gasteiger partial charge is 0.229 e. The fourth-order valence-corrected chi connectivity index (χ4v) is 3.61. The van der Waals surface area contributed by atoms with Crippen LogP contribution in [0.4, 0.5) is 17.6 Å². The van der Waals surface area contributed by atoms with Gasteiger partial charge in [-0.25, -0.2) is 0 Å². The van der Waals surface area contributed by atoms with Crippen molar-refractivity contribution in [2.24, 2.45) is 0 Å². The molecule has 148 valence electrons. The highest BCUT2D eigenvalue weighted by Gasteiger charge is 2.33. The van der Waals surface area contributed by atoms with Crippen LogP contribution in [0.3, 0.4) is 0 Å². The lowest BCUT2D eigenvalue weighted by atomic mass is 9.85. The van der Waals surface area contributed by atoms with Crippen LogP contribution in [-0.4, -0.2) is 60.5 Å². The molecule has 1 atom stereocenters. The Morgan fingerprint density at radius 1 is 1.29 bits per heavy atom. The number of nitrogens with zero attached hydrogens (tertiary/aromatic N) is 3. The molecule has 2 aliphatic heterocycles. The third-order valence-corrected chi connectivity index (χ3v) is 4.90. The molecule has 0 aliphatic carbocycles. The van der Waals surface area contributed by atoms with E-state index in [0.717, 1.165) is 5.56 Å². The van der Waals surface area contributed by atoms with Crippen LogP contribution in [0.2, 0.25) is 0 Å². The van der Waals surface area contributed by atoms with Gasteiger partial charge in [0, 0.05) is 36.6 Å². The second kappa shape index (κ2) is 7.99. The van der Waals surface area contributed by atoms with E-state index in [1.54, 1.807) is 0 Å². The normalized spacial score (nSPS) is 19.1. The number of morpholine rings is 1. The molecule has 9 heteroatoms. The van der Waals surface area contributed by atoms with Crippen LogP contribution in [0.1, 0.15) is 23.5 Å². The largest absolute Gasteiger partial charge is 0.491 e. The molecule has 0 saturated carbocycles. The van der Waals surface area contributed by atoms with E-state index in [0.29, 0.717) is 55.2 Å². The molecule has 1 aromatic carbocycles. The minimum atomic E-state index is -0.322. The molecular formula is C19H23N5O4. The number of hydrogen-bond acceptors (Lipinski definition) is 8. The molecule has 2 aromatic rings. The highest BCUT2D eigenvalue weighted by Crippen LogP contribution is 2.42. The zero-order chi connectivity index (χ0) is 19.5. The van der Waals surface area contributed by atoms with Gasteiger partial charge in [0.25, 0.3) is 0 Å². The minimum Gasteiger partial charge on any atom is -0.491 e. The number of anilines is 3. The summed E-state index contributed by atoms with van der Waals surface area (Å²) in [5.74, 6) is 1.42. The van der Waals surface area contributed by atoms with E-state index < -0.39 is 0 Å². The number of fused-ring (bicyclic) bond motifs is 1. The van der Waals surface area contributed by atoms with Crippen molar-refractivity contribution in [2.45, 2.75) is 12.3 Å². The molecule has 4 rings (SSSR count). The number of carbonyl (C=O) groups is 1. The summed E-state index contributed by atoms with van der Waals surface area (Å²) < 4.78 is 11.0. The number of aromatic nitrogens is 2. The summed E-state index contributed by atoms with van der Waals surface area (Å²) in [6.45, 7) is 2.63. The molecule has 1 amide bonds. The van der Waals surface area contributed by atoms with Crippen molar-refractivity contribution >= 4 is 23.5 Å². The first-order chi connectivity index (χ1) is 13.7. The summed E-state index contributed by atoms with van der Waals surface area (Å²) in [6, 6.07) is 7.44. The maximum Gasteiger partial charge on any atom is 0.229 e. The number of nitrogens with one attached hydrogen (secondary N) is 1. The number of nitrogens with two attached hydrogens (primary N) is 1. The summed E-state index contributed by atoms with van der Waals surface area (Å²) in [5, 5.41) is 11.9. The van der Waals surface area contributed by atoms with Gasteiger partial charge in [0.05, 0.1) is 19.8 Å². The summed E-state index contributed by atoms with van der Waals surface area (Å²) in [6.07, 6.45) is 0.219. The quantitative estimate of drug-likeness (QED) is 0.689. The molecule has 1 aromatic heterocycles. The number of amides is 1. The first-order valence-corrected chi connectivity index (χ1v) is 9.30. The van der Waals surface area contributed by atoms with Crippen LogP contribution >= 0.6 is 0 Å². The average Bonchev–Trinajstić information content (AvgIpc) is 2.72. The predicted molar refractivity (Wildman–Crippen MR) is 104 cm³/mol. The van der Waals surface area contributed by atoms with Crippen molar-refractivity contribution in [3.8, 4) is 5.75 Å². The molecule has 1 unspecified atom stereocenters. The van der Waals surface area contributed by atoms with E-state index in [-0.39, 0.29) is 31.5 Å². The summed E-state index contributed by atoms with van der Waals surface area (Å²) in [7, 11) is 0. The SMILES string of the molecule is Nc1nc(N2CCOCC2)nc2c1C(c1ccccc1OCCO)CC(=O)N2. The molecule has 0 radical (unpaired) electrons. The molecule has 3 heterocycles. The van der Waals surface area contributed by atoms with Gasteiger partial charge in [0.1, 0.15) is 24.0 Å². The number of hydrogen-bond donors (Lipinski definition) is 3. The molecule has 0 bridgehead atoms. The standard InChI is InChI=1S/C19H23N5O4/c20-17-16-13(12-3-1-2-4-14(12)28-10-7-25)11-15(26)21-18(16)23-19(22-17)24-5-8-27-9-6-24/h1-4,13,25H,5-11H2,(H3,20,21,22,23,26). The molecular weight excluding hydrogens is 362 g/mol. The van der Waals surface area contributed by atoms with E-state index in [2.05, 4.69) is 15.3 Å². The number of ether oxygens (including phenoxy) is 2. The Kier molecular flexibility index (Phi) is 5.27. The Hall–Kier alpha value is -2.91. The molecule has 1 saturated heterocycles. The first kappa shape index (κ1) is 18.5. The summed E-state index contributed by atoms with van der Waals surface area (Å²) >= 11 is 0. The molecule has 4 N–H and O–H groups in total. The number of nitrogen functional groups attached to an aromatic ring is 1. The Morgan fingerprint density at radius 2 is 2.07 bits per heavy atom. The predicted octanol–water partition coefficient (Wildman–Crippen LogP) is 0.741. The second-order valence-electron chi connectivity index (χ2n) is 6.69. The molecule has 1 fully saturated rings. The monoisotopic (exact) mass is 385 g/mol. The van der Waals surface area contributed by atoms with Gasteiger partial charge in [-0.3, -0.25) is 4.79 Å². The molecule has 2 aliphatic rings. The zero-order valence-electron chi connectivity index (χ0n) is 15.4. The Labute approximate surface area is 162 Å². The zero-order valence-corrected chi connectivity index (χ0v) is 15.4. The van der Waals surface area contributed by atoms with Gasteiger partial charge in [-0.05, 0) is 6.07 Å². The third-order valence-electron chi connectivity index (χ3n) is 4.90. The highest BCUT2D eigenvalue weighted by molar-refractivity contribution is 5.95. The van der Waals surface area contributed by atoms with E-state index >= 15 is 0 Å². The number of carbonyl (C=O) groups excluding carboxylic acids is 1. The first-order valence-electron chi connectivity index (χ1n) is 9.30. The van der Waals surface area contributed by atoms with Crippen LogP contribution in [0.25, 0.3) is 0 Å². The minimum absolute atomic E-state index is 0.0930. The average molecular weight is 385 g/mol. The maximum atomic E-state index is 12.4. The maximum absolute atomic E-state index is 12.4. The van der Waals surface area contributed by atoms with E-state index in [1.165, 1.54) is 0 Å². The van der Waals surface area contributed by atoms with Gasteiger partial charge >= 0.3 is 0 Å². The third kappa shape index (κ3) is 3.58. The number of rotatable bonds is 5. The van der Waals surface area contributed by atoms with Gasteiger partial charge in [-0.15, -0.1) is 0 Å². The van der Waals surface area contributed by atoms with Crippen molar-refractivity contribution in [1.29, 1.82) is 0 Å². The topological polar surface area (TPSA) is 123 Å². The Morgan fingerprint density at radius 3 is 2.86 bits per heavy atom. The van der Waals surface area contributed by atoms with Crippen LogP contribution in [-0.2, 0) is 9.53 Å². The lowest BCUT2D eigenvalue weighted by Crippen LogP contribution is -2.38. The van der Waals surface area contributed by atoms with Crippen molar-refractivity contribution in [1.82, 2.24) is 9.97 Å². The van der Waals surface area contributed by atoms with Crippen LogP contribution in [0.15, 0.2) is 24.3 Å². The number of aliphatic hydroxyl groups is 1. The van der Waals surface area contributed by atoms with Crippen molar-refractivity contribution < 1.29 is 19.4 Å². The van der Waals surface area contributed by atoms with Crippen LogP contribution < -0.4 is 20.7 Å². The number of para-hydroxylation sites is 1. The lowest BCUT2D eigenvalue weighted by Gasteiger charge is -2.31. The lowest BCUT2D eigenvalue weighted by molar-refractivity contribution is -0.116. The van der Waals surface area contributed by atoms with Crippen LogP contribution in [0.5, 0.6) is 5.75 Å². The van der Waals surface area contributed by atoms with Gasteiger partial charge in [-0.2, -0.15) is 9.97 Å². The fraction of sp³-hybridized carbons (Fsp3) is 0.421. The summed E-state index contributed by atoms with van der Waals surface area (Å²) in [4.78, 5) is 23.5. The number of benzene rings is 1. The van der Waals surface area contributed by atoms with Crippen molar-refractivity contribution in [2.75, 3.05) is 55.5 Å². The van der Waals surface area contributed by atoms with Gasteiger partial charge in [0.15, 0.2) is 0 Å². The highest BCUT2D eigenvalue weighted by atomic mass is 16.5. The van der Waals surface area contributed by atoms with Crippen molar-refractivity contribution in [3.63, 3.8) is 0 Å². The number of aliphatic hydroxyl groups excluding tert-OH is 1. The van der Waals surface area contributed by atoms with Crippen molar-refractivity contribution in [3.05, 3.63) is 35.4 Å². The fourth-order valence-electron chi connectivity index (χ4n) is 3.61. The van der Waals surface area contributed by atoms with E-state index in [1.807, 2.05) is 29.2 Å². The second-order valence-corrected chi connectivity index (χ2v) is 6.69.